The van der Waals surface area contributed by atoms with Gasteiger partial charge in [-0.1, -0.05) is 60.0 Å². The lowest BCUT2D eigenvalue weighted by Crippen LogP contribution is -2.20. The predicted molar refractivity (Wildman–Crippen MR) is 146 cm³/mol. The van der Waals surface area contributed by atoms with Gasteiger partial charge < -0.3 is 20.9 Å². The minimum atomic E-state index is -0.339. The smallest absolute Gasteiger partial charge is 0.296 e. The van der Waals surface area contributed by atoms with Gasteiger partial charge in [-0.05, 0) is 56.4 Å². The van der Waals surface area contributed by atoms with Crippen molar-refractivity contribution < 1.29 is 9.59 Å². The molecule has 3 aromatic rings. The largest absolute Gasteiger partial charge is 0.354 e. The summed E-state index contributed by atoms with van der Waals surface area (Å²) in [7, 11) is 3.99. The number of benzene rings is 3. The third kappa shape index (κ3) is 5.77. The van der Waals surface area contributed by atoms with E-state index < -0.39 is 0 Å². The number of amides is 2. The summed E-state index contributed by atoms with van der Waals surface area (Å²) in [6.45, 7) is 3.08. The summed E-state index contributed by atoms with van der Waals surface area (Å²) in [5.41, 5.74) is 5.89. The van der Waals surface area contributed by atoms with Crippen molar-refractivity contribution in [3.63, 3.8) is 0 Å². The van der Waals surface area contributed by atoms with E-state index in [1.807, 2.05) is 75.6 Å². The average Bonchev–Trinajstić information content (AvgIpc) is 3.18. The molecule has 36 heavy (non-hydrogen) atoms. The Kier molecular flexibility index (Phi) is 7.74. The molecule has 1 heterocycles. The van der Waals surface area contributed by atoms with Gasteiger partial charge in [0.25, 0.3) is 11.8 Å². The number of rotatable bonds is 6. The highest BCUT2D eigenvalue weighted by atomic mass is 35.5. The Labute approximate surface area is 216 Å². The standard InChI is InChI=1S/C29H27ClN4O2/c1-4-31-26(35)15-11-19-10-14-23-25(16-19)33-29(36)27(23)28(20-8-6-5-7-9-20)32-22-13-12-21(18-34(2)3)24(30)17-22/h5-10,12-14,16-17,32H,4,18H2,1-3H3,(H,31,35)(H,33,36)/b28-27-. The lowest BCUT2D eigenvalue weighted by Gasteiger charge is -2.17. The van der Waals surface area contributed by atoms with Gasteiger partial charge in [-0.2, -0.15) is 0 Å². The van der Waals surface area contributed by atoms with Crippen LogP contribution in [-0.2, 0) is 16.1 Å². The van der Waals surface area contributed by atoms with E-state index >= 15 is 0 Å². The van der Waals surface area contributed by atoms with E-state index in [1.54, 1.807) is 12.1 Å². The molecular weight excluding hydrogens is 472 g/mol. The maximum absolute atomic E-state index is 13.2. The van der Waals surface area contributed by atoms with Crippen LogP contribution in [0, 0.1) is 11.8 Å². The molecule has 0 saturated heterocycles. The number of hydrogen-bond donors (Lipinski definition) is 3. The first-order valence-corrected chi connectivity index (χ1v) is 12.0. The second-order valence-electron chi connectivity index (χ2n) is 8.61. The van der Waals surface area contributed by atoms with E-state index in [-0.39, 0.29) is 11.8 Å². The molecule has 0 fully saturated rings. The molecule has 0 aromatic heterocycles. The van der Waals surface area contributed by atoms with E-state index in [2.05, 4.69) is 32.7 Å². The molecule has 0 atom stereocenters. The molecule has 7 heteroatoms. The second-order valence-corrected chi connectivity index (χ2v) is 9.02. The number of anilines is 2. The van der Waals surface area contributed by atoms with Gasteiger partial charge in [0, 0.05) is 40.8 Å². The average molecular weight is 499 g/mol. The van der Waals surface area contributed by atoms with Crippen molar-refractivity contribution in [2.75, 3.05) is 31.3 Å². The monoisotopic (exact) mass is 498 g/mol. The number of nitrogens with zero attached hydrogens (tertiary/aromatic N) is 1. The molecule has 0 unspecified atom stereocenters. The quantitative estimate of drug-likeness (QED) is 0.336. The Morgan fingerprint density at radius 1 is 1.06 bits per heavy atom. The normalized spacial score (nSPS) is 13.4. The van der Waals surface area contributed by atoms with E-state index in [4.69, 9.17) is 11.6 Å². The highest BCUT2D eigenvalue weighted by Crippen LogP contribution is 2.38. The highest BCUT2D eigenvalue weighted by Gasteiger charge is 2.28. The van der Waals surface area contributed by atoms with E-state index in [0.717, 1.165) is 28.9 Å². The van der Waals surface area contributed by atoms with Crippen LogP contribution in [0.25, 0.3) is 11.3 Å². The summed E-state index contributed by atoms with van der Waals surface area (Å²) in [6, 6.07) is 21.0. The Morgan fingerprint density at radius 3 is 2.53 bits per heavy atom. The summed E-state index contributed by atoms with van der Waals surface area (Å²) >= 11 is 6.56. The van der Waals surface area contributed by atoms with Crippen molar-refractivity contribution in [1.82, 2.24) is 10.2 Å². The first kappa shape index (κ1) is 25.1. The Hall–Kier alpha value is -4.05. The topological polar surface area (TPSA) is 73.5 Å². The van der Waals surface area contributed by atoms with Crippen molar-refractivity contribution in [2.24, 2.45) is 0 Å². The Morgan fingerprint density at radius 2 is 1.83 bits per heavy atom. The molecule has 3 aromatic carbocycles. The molecule has 0 saturated carbocycles. The van der Waals surface area contributed by atoms with Gasteiger partial charge in [0.2, 0.25) is 0 Å². The molecule has 0 spiro atoms. The molecule has 0 aliphatic carbocycles. The van der Waals surface area contributed by atoms with E-state index in [1.165, 1.54) is 0 Å². The number of carbonyl (C=O) groups excluding carboxylic acids is 2. The molecular formula is C29H27ClN4O2. The molecule has 2 amide bonds. The fourth-order valence-electron chi connectivity index (χ4n) is 3.95. The van der Waals surface area contributed by atoms with Crippen LogP contribution in [0.4, 0.5) is 11.4 Å². The van der Waals surface area contributed by atoms with Crippen LogP contribution in [0.1, 0.15) is 29.2 Å². The zero-order valence-corrected chi connectivity index (χ0v) is 21.2. The van der Waals surface area contributed by atoms with Gasteiger partial charge in [0.15, 0.2) is 0 Å². The first-order valence-electron chi connectivity index (χ1n) is 11.6. The first-order chi connectivity index (χ1) is 17.4. The van der Waals surface area contributed by atoms with Gasteiger partial charge in [0.05, 0.1) is 17.0 Å². The van der Waals surface area contributed by atoms with Gasteiger partial charge in [-0.15, -0.1) is 0 Å². The number of carbonyl (C=O) groups is 2. The number of fused-ring (bicyclic) bond motifs is 1. The molecule has 3 N–H and O–H groups in total. The molecule has 1 aliphatic heterocycles. The third-order valence-corrected chi connectivity index (χ3v) is 5.90. The lowest BCUT2D eigenvalue weighted by atomic mass is 9.99. The number of hydrogen-bond acceptors (Lipinski definition) is 4. The van der Waals surface area contributed by atoms with Gasteiger partial charge >= 0.3 is 0 Å². The van der Waals surface area contributed by atoms with Crippen LogP contribution in [0.5, 0.6) is 0 Å². The fraction of sp³-hybridized carbons (Fsp3) is 0.172. The van der Waals surface area contributed by atoms with E-state index in [9.17, 15) is 9.59 Å². The molecule has 6 nitrogen and oxygen atoms in total. The Bertz CT molecular complexity index is 1400. The molecule has 1 aliphatic rings. The lowest BCUT2D eigenvalue weighted by molar-refractivity contribution is -0.115. The van der Waals surface area contributed by atoms with Gasteiger partial charge in [-0.3, -0.25) is 9.59 Å². The van der Waals surface area contributed by atoms with Gasteiger partial charge in [0.1, 0.15) is 0 Å². The number of halogens is 1. The maximum atomic E-state index is 13.2. The van der Waals surface area contributed by atoms with Crippen molar-refractivity contribution in [1.29, 1.82) is 0 Å². The predicted octanol–water partition coefficient (Wildman–Crippen LogP) is 4.82. The van der Waals surface area contributed by atoms with Crippen LogP contribution in [0.2, 0.25) is 5.02 Å². The van der Waals surface area contributed by atoms with Crippen LogP contribution in [0.15, 0.2) is 66.7 Å². The van der Waals surface area contributed by atoms with Crippen molar-refractivity contribution in [2.45, 2.75) is 13.5 Å². The zero-order valence-electron chi connectivity index (χ0n) is 20.4. The van der Waals surface area contributed by atoms with Crippen molar-refractivity contribution in [3.05, 3.63) is 94.0 Å². The third-order valence-electron chi connectivity index (χ3n) is 5.54. The molecule has 182 valence electrons. The molecule has 0 radical (unpaired) electrons. The summed E-state index contributed by atoms with van der Waals surface area (Å²) < 4.78 is 0. The van der Waals surface area contributed by atoms with Crippen LogP contribution in [0.3, 0.4) is 0 Å². The van der Waals surface area contributed by atoms with Crippen LogP contribution < -0.4 is 16.0 Å². The van der Waals surface area contributed by atoms with Crippen LogP contribution in [-0.4, -0.2) is 37.4 Å². The molecule has 0 bridgehead atoms. The summed E-state index contributed by atoms with van der Waals surface area (Å²) in [6.07, 6.45) is 0. The molecule has 4 rings (SSSR count). The maximum Gasteiger partial charge on any atom is 0.296 e. The highest BCUT2D eigenvalue weighted by molar-refractivity contribution is 6.37. The minimum Gasteiger partial charge on any atom is -0.354 e. The zero-order chi connectivity index (χ0) is 25.7. The van der Waals surface area contributed by atoms with E-state index in [0.29, 0.717) is 34.1 Å². The second kappa shape index (κ2) is 11.1. The summed E-state index contributed by atoms with van der Waals surface area (Å²) in [4.78, 5) is 26.9. The van der Waals surface area contributed by atoms with Gasteiger partial charge in [-0.25, -0.2) is 0 Å². The van der Waals surface area contributed by atoms with Crippen molar-refractivity contribution >= 4 is 46.1 Å². The minimum absolute atomic E-state index is 0.222. The van der Waals surface area contributed by atoms with Crippen LogP contribution >= 0.6 is 11.6 Å². The Balaban J connectivity index is 1.75. The number of nitrogens with one attached hydrogen (secondary N) is 3. The summed E-state index contributed by atoms with van der Waals surface area (Å²) in [5, 5.41) is 9.68. The summed E-state index contributed by atoms with van der Waals surface area (Å²) in [5.74, 6) is 4.85. The SMILES string of the molecule is CCNC(=O)C#Cc1ccc2c(c1)NC(=O)/C2=C(\Nc1ccc(CN(C)C)c(Cl)c1)c1ccccc1. The fourth-order valence-corrected chi connectivity index (χ4v) is 4.19. The van der Waals surface area contributed by atoms with Crippen molar-refractivity contribution in [3.8, 4) is 11.8 Å².